The second-order valence-electron chi connectivity index (χ2n) is 12.0. The van der Waals surface area contributed by atoms with Crippen LogP contribution >= 0.6 is 0 Å². The number of primary amides is 1. The van der Waals surface area contributed by atoms with E-state index in [2.05, 4.69) is 0 Å². The second-order valence-corrected chi connectivity index (χ2v) is 12.0. The fourth-order valence-electron chi connectivity index (χ4n) is 7.21. The Morgan fingerprint density at radius 3 is 2.35 bits per heavy atom. The molecule has 12 nitrogen and oxygen atoms in total. The number of likely N-dealkylation sites (N-methyl/N-ethyl adjacent to an activating group) is 1. The van der Waals surface area contributed by atoms with Gasteiger partial charge in [0.1, 0.15) is 22.8 Å². The van der Waals surface area contributed by atoms with Crippen molar-refractivity contribution < 1.29 is 44.3 Å². The Kier molecular flexibility index (Phi) is 6.56. The lowest BCUT2D eigenvalue weighted by molar-refractivity contribution is -0.148. The number of allylic oxidation sites excluding steroid dienone is 1. The van der Waals surface area contributed by atoms with E-state index in [1.165, 1.54) is 11.0 Å². The van der Waals surface area contributed by atoms with Gasteiger partial charge in [-0.05, 0) is 87.4 Å². The first-order valence-electron chi connectivity index (χ1n) is 13.8. The molecule has 0 saturated heterocycles. The lowest BCUT2D eigenvalue weighted by Crippen LogP contribution is -2.63. The van der Waals surface area contributed by atoms with Gasteiger partial charge in [-0.25, -0.2) is 0 Å². The molecule has 0 radical (unpaired) electrons. The van der Waals surface area contributed by atoms with Crippen molar-refractivity contribution in [3.05, 3.63) is 63.6 Å². The normalized spacial score (nSPS) is 26.2. The number of aliphatic hydroxyl groups excluding tert-OH is 2. The summed E-state index contributed by atoms with van der Waals surface area (Å²) < 4.78 is 11.2. The fraction of sp³-hybridized carbons (Fsp3) is 0.387. The van der Waals surface area contributed by atoms with Gasteiger partial charge in [-0.1, -0.05) is 6.07 Å². The summed E-state index contributed by atoms with van der Waals surface area (Å²) in [5, 5.41) is 45.3. The molecule has 0 unspecified atom stereocenters. The molecule has 226 valence electrons. The highest BCUT2D eigenvalue weighted by Gasteiger charge is 2.63. The Morgan fingerprint density at radius 1 is 1.05 bits per heavy atom. The molecule has 12 heteroatoms. The van der Waals surface area contributed by atoms with Crippen molar-refractivity contribution in [1.29, 1.82) is 0 Å². The van der Waals surface area contributed by atoms with Crippen LogP contribution < -0.4 is 15.2 Å². The number of carbonyl (C=O) groups is 3. The molecule has 1 amide bonds. The molecular weight excluding hydrogens is 558 g/mol. The van der Waals surface area contributed by atoms with Gasteiger partial charge in [0.15, 0.2) is 22.9 Å². The summed E-state index contributed by atoms with van der Waals surface area (Å²) in [5.74, 6) is -5.73. The summed E-state index contributed by atoms with van der Waals surface area (Å²) in [6.07, 6.45) is 0.181. The average Bonchev–Trinajstić information content (AvgIpc) is 3.37. The van der Waals surface area contributed by atoms with Crippen molar-refractivity contribution in [2.24, 2.45) is 17.6 Å². The Labute approximate surface area is 247 Å². The minimum absolute atomic E-state index is 0.00650. The van der Waals surface area contributed by atoms with Crippen LogP contribution in [-0.4, -0.2) is 94.3 Å². The largest absolute Gasteiger partial charge is 0.510 e. The Hall–Kier alpha value is -4.39. The van der Waals surface area contributed by atoms with Gasteiger partial charge in [0.25, 0.3) is 5.91 Å². The quantitative estimate of drug-likeness (QED) is 0.318. The first-order valence-corrected chi connectivity index (χ1v) is 13.8. The maximum absolute atomic E-state index is 14.1. The van der Waals surface area contributed by atoms with Gasteiger partial charge in [0.05, 0.1) is 11.6 Å². The number of Topliss-reactive ketones (excluding diaryl/α,β-unsaturated/α-hetero) is 2. The molecule has 4 atom stereocenters. The number of ether oxygens (including phenoxy) is 2. The van der Waals surface area contributed by atoms with Crippen LogP contribution in [0, 0.1) is 11.8 Å². The third-order valence-corrected chi connectivity index (χ3v) is 8.98. The molecule has 3 aliphatic carbocycles. The van der Waals surface area contributed by atoms with Gasteiger partial charge in [-0.15, -0.1) is 0 Å². The predicted molar refractivity (Wildman–Crippen MR) is 153 cm³/mol. The molecule has 4 aliphatic rings. The maximum atomic E-state index is 14.1. The molecule has 0 aromatic heterocycles. The number of amides is 1. The standard InChI is InChI=1S/C31H33N3O9/c1-33(2)11-14-9-20-21(43-12-42-20)10-16(14)15-5-6-19(35)23-17(15)7-13-8-18-25(34(3)4)27(37)24(30(32)40)29(39)31(18,41)28(38)22(13)26(23)36/h5-6,9-10,13,18,25,35,37-38,41H,7-8,11-12H2,1-4H3,(H2,32,40)/t13-,18-,25-,31-/m0/s1. The van der Waals surface area contributed by atoms with Gasteiger partial charge in [-0.3, -0.25) is 19.3 Å². The number of ketones is 2. The SMILES string of the molecule is CN(C)Cc1cc2c(cc1-c1ccc(O)c3c1C[C@H]1C[C@H]4[C@H](N(C)C)C(O)=C(C(N)=O)C(=O)[C@@]4(O)C(O)=C1C3=O)OCO2. The molecule has 6 rings (SSSR count). The highest BCUT2D eigenvalue weighted by molar-refractivity contribution is 6.25. The fourth-order valence-corrected chi connectivity index (χ4v) is 7.21. The van der Waals surface area contributed by atoms with Crippen LogP contribution in [0.4, 0.5) is 0 Å². The summed E-state index contributed by atoms with van der Waals surface area (Å²) in [7, 11) is 7.03. The van der Waals surface area contributed by atoms with Crippen LogP contribution in [0.15, 0.2) is 46.9 Å². The molecule has 43 heavy (non-hydrogen) atoms. The molecule has 0 spiro atoms. The first-order chi connectivity index (χ1) is 20.3. The first kappa shape index (κ1) is 28.7. The van der Waals surface area contributed by atoms with Crippen LogP contribution in [0.25, 0.3) is 11.1 Å². The Balaban J connectivity index is 1.55. The molecule has 1 aliphatic heterocycles. The van der Waals surface area contributed by atoms with E-state index in [0.717, 1.165) is 11.1 Å². The average molecular weight is 592 g/mol. The van der Waals surface area contributed by atoms with Crippen molar-refractivity contribution in [3.63, 3.8) is 0 Å². The third-order valence-electron chi connectivity index (χ3n) is 8.98. The van der Waals surface area contributed by atoms with Gasteiger partial charge in [0.2, 0.25) is 12.6 Å². The zero-order valence-electron chi connectivity index (χ0n) is 24.2. The molecule has 0 bridgehead atoms. The number of aromatic hydroxyl groups is 1. The Bertz CT molecular complexity index is 1670. The van der Waals surface area contributed by atoms with Crippen LogP contribution in [0.5, 0.6) is 17.2 Å². The van der Waals surface area contributed by atoms with E-state index in [9.17, 15) is 34.8 Å². The summed E-state index contributed by atoms with van der Waals surface area (Å²) in [4.78, 5) is 43.3. The molecule has 1 heterocycles. The predicted octanol–water partition coefficient (Wildman–Crippen LogP) is 1.58. The van der Waals surface area contributed by atoms with Crippen molar-refractivity contribution in [3.8, 4) is 28.4 Å². The molecule has 2 aromatic rings. The van der Waals surface area contributed by atoms with E-state index >= 15 is 0 Å². The minimum atomic E-state index is -2.69. The van der Waals surface area contributed by atoms with E-state index in [4.69, 9.17) is 15.2 Å². The summed E-state index contributed by atoms with van der Waals surface area (Å²) in [5.41, 5.74) is 4.52. The number of carbonyl (C=O) groups excluding carboxylic acids is 3. The number of benzene rings is 2. The highest BCUT2D eigenvalue weighted by atomic mass is 16.7. The zero-order chi connectivity index (χ0) is 31.1. The summed E-state index contributed by atoms with van der Waals surface area (Å²) in [6.45, 7) is 0.622. The third kappa shape index (κ3) is 4.04. The van der Waals surface area contributed by atoms with E-state index in [-0.39, 0.29) is 36.5 Å². The molecular formula is C31H33N3O9. The smallest absolute Gasteiger partial charge is 0.255 e. The van der Waals surface area contributed by atoms with Gasteiger partial charge in [0, 0.05) is 18.0 Å². The number of hydrogen-bond donors (Lipinski definition) is 5. The zero-order valence-corrected chi connectivity index (χ0v) is 24.2. The van der Waals surface area contributed by atoms with Crippen molar-refractivity contribution >= 4 is 17.5 Å². The van der Waals surface area contributed by atoms with Gasteiger partial charge in [-0.2, -0.15) is 0 Å². The summed E-state index contributed by atoms with van der Waals surface area (Å²) in [6, 6.07) is 5.80. The summed E-state index contributed by atoms with van der Waals surface area (Å²) >= 11 is 0. The van der Waals surface area contributed by atoms with Crippen molar-refractivity contribution in [1.82, 2.24) is 9.80 Å². The van der Waals surface area contributed by atoms with Gasteiger partial charge >= 0.3 is 0 Å². The van der Waals surface area contributed by atoms with E-state index in [0.29, 0.717) is 29.2 Å². The number of fused-ring (bicyclic) bond motifs is 4. The molecule has 2 aromatic carbocycles. The number of nitrogens with two attached hydrogens (primary N) is 1. The number of aliphatic hydroxyl groups is 3. The molecule has 0 fully saturated rings. The monoisotopic (exact) mass is 591 g/mol. The van der Waals surface area contributed by atoms with Crippen molar-refractivity contribution in [2.75, 3.05) is 35.0 Å². The second kappa shape index (κ2) is 9.83. The van der Waals surface area contributed by atoms with E-state index in [1.807, 2.05) is 31.1 Å². The van der Waals surface area contributed by atoms with E-state index in [1.54, 1.807) is 20.2 Å². The highest BCUT2D eigenvalue weighted by Crippen LogP contribution is 2.53. The van der Waals surface area contributed by atoms with Gasteiger partial charge < -0.3 is 40.5 Å². The molecule has 6 N–H and O–H groups in total. The van der Waals surface area contributed by atoms with Crippen LogP contribution in [0.1, 0.15) is 27.9 Å². The lowest BCUT2D eigenvalue weighted by Gasteiger charge is -2.50. The molecule has 0 saturated carbocycles. The van der Waals surface area contributed by atoms with E-state index < -0.39 is 58.0 Å². The number of phenols is 1. The number of hydrogen-bond acceptors (Lipinski definition) is 11. The van der Waals surface area contributed by atoms with Crippen LogP contribution in [0.2, 0.25) is 0 Å². The number of nitrogens with zero attached hydrogens (tertiary/aromatic N) is 2. The Morgan fingerprint density at radius 2 is 1.72 bits per heavy atom. The minimum Gasteiger partial charge on any atom is -0.510 e. The van der Waals surface area contributed by atoms with Crippen molar-refractivity contribution in [2.45, 2.75) is 31.0 Å². The van der Waals surface area contributed by atoms with Crippen LogP contribution in [-0.2, 0) is 22.6 Å². The lowest BCUT2D eigenvalue weighted by atomic mass is 9.58. The topological polar surface area (TPSA) is 183 Å². The number of rotatable bonds is 5. The van der Waals surface area contributed by atoms with Crippen LogP contribution in [0.3, 0.4) is 0 Å². The number of phenolic OH excluding ortho intramolecular Hbond substituents is 1. The maximum Gasteiger partial charge on any atom is 0.255 e.